The van der Waals surface area contributed by atoms with Gasteiger partial charge in [-0.2, -0.15) is 0 Å². The third kappa shape index (κ3) is 0.922. The molecule has 0 saturated heterocycles. The summed E-state index contributed by atoms with van der Waals surface area (Å²) >= 11 is 0. The zero-order valence-electron chi connectivity index (χ0n) is 6.93. The van der Waals surface area contributed by atoms with Crippen LogP contribution in [0.2, 0.25) is 0 Å². The van der Waals surface area contributed by atoms with Gasteiger partial charge >= 0.3 is 5.69 Å². The maximum atomic E-state index is 10.9. The van der Waals surface area contributed by atoms with E-state index < -0.39 is 0 Å². The van der Waals surface area contributed by atoms with Gasteiger partial charge in [-0.25, -0.2) is 9.78 Å². The van der Waals surface area contributed by atoms with Crippen LogP contribution in [0.15, 0.2) is 10.9 Å². The zero-order chi connectivity index (χ0) is 8.72. The monoisotopic (exact) mass is 167 g/mol. The van der Waals surface area contributed by atoms with Crippen LogP contribution in [0.25, 0.3) is 11.2 Å². The smallest absolute Gasteiger partial charge is 0.304 e. The van der Waals surface area contributed by atoms with Crippen molar-refractivity contribution in [3.8, 4) is 0 Å². The second kappa shape index (κ2) is 2.20. The molecule has 66 valence electrons. The van der Waals surface area contributed by atoms with Crippen molar-refractivity contribution < 1.29 is 2.85 Å². The minimum absolute atomic E-state index is 0. The van der Waals surface area contributed by atoms with E-state index in [1.807, 2.05) is 19.9 Å². The van der Waals surface area contributed by atoms with E-state index in [9.17, 15) is 4.79 Å². The van der Waals surface area contributed by atoms with E-state index in [0.29, 0.717) is 5.65 Å². The predicted molar refractivity (Wildman–Crippen MR) is 50.4 cm³/mol. The molecule has 0 aliphatic rings. The van der Waals surface area contributed by atoms with E-state index in [2.05, 4.69) is 15.0 Å². The Morgan fingerprint density at radius 2 is 2.17 bits per heavy atom. The molecule has 0 unspecified atom stereocenters. The molecule has 0 aromatic carbocycles. The Hall–Kier alpha value is -1.58. The number of nitrogens with zero attached hydrogens (tertiary/aromatic N) is 1. The summed E-state index contributed by atoms with van der Waals surface area (Å²) < 4.78 is 0. The SMILES string of the molecule is Cc1cc(C)c2[nH]c(=O)[nH]c2n1.[HH].[HH]. The predicted octanol–water partition coefficient (Wildman–Crippen LogP) is 1.36. The minimum Gasteiger partial charge on any atom is -0.304 e. The topological polar surface area (TPSA) is 61.5 Å². The second-order valence-corrected chi connectivity index (χ2v) is 2.88. The molecular formula is C8H13N3O. The lowest BCUT2D eigenvalue weighted by atomic mass is 10.2. The van der Waals surface area contributed by atoms with Gasteiger partial charge in [0.1, 0.15) is 0 Å². The Labute approximate surface area is 71.6 Å². The number of fused-ring (bicyclic) bond motifs is 1. The molecular weight excluding hydrogens is 154 g/mol. The molecule has 12 heavy (non-hydrogen) atoms. The molecule has 0 bridgehead atoms. The molecule has 0 atom stereocenters. The molecule has 0 amide bonds. The summed E-state index contributed by atoms with van der Waals surface area (Å²) in [7, 11) is 0. The van der Waals surface area contributed by atoms with Crippen LogP contribution in [0.4, 0.5) is 0 Å². The van der Waals surface area contributed by atoms with Crippen LogP contribution in [-0.2, 0) is 0 Å². The van der Waals surface area contributed by atoms with Gasteiger partial charge in [0.15, 0.2) is 5.65 Å². The van der Waals surface area contributed by atoms with Gasteiger partial charge in [-0.3, -0.25) is 4.98 Å². The third-order valence-corrected chi connectivity index (χ3v) is 1.82. The molecule has 4 heteroatoms. The first kappa shape index (κ1) is 7.09. The number of pyridine rings is 1. The van der Waals surface area contributed by atoms with E-state index in [1.54, 1.807) is 0 Å². The Morgan fingerprint density at radius 1 is 1.42 bits per heavy atom. The number of rotatable bonds is 0. The van der Waals surface area contributed by atoms with Crippen molar-refractivity contribution >= 4 is 11.2 Å². The molecule has 2 aromatic rings. The van der Waals surface area contributed by atoms with Crippen LogP contribution in [-0.4, -0.2) is 15.0 Å². The maximum Gasteiger partial charge on any atom is 0.325 e. The quantitative estimate of drug-likeness (QED) is 0.622. The van der Waals surface area contributed by atoms with Gasteiger partial charge in [0.25, 0.3) is 0 Å². The summed E-state index contributed by atoms with van der Waals surface area (Å²) in [5.74, 6) is 0. The summed E-state index contributed by atoms with van der Waals surface area (Å²) in [6.45, 7) is 3.85. The first-order valence-electron chi connectivity index (χ1n) is 3.73. The van der Waals surface area contributed by atoms with Crippen LogP contribution < -0.4 is 5.69 Å². The summed E-state index contributed by atoms with van der Waals surface area (Å²) in [4.78, 5) is 20.4. The third-order valence-electron chi connectivity index (χ3n) is 1.82. The normalized spacial score (nSPS) is 10.8. The highest BCUT2D eigenvalue weighted by atomic mass is 16.1. The molecule has 2 rings (SSSR count). The van der Waals surface area contributed by atoms with Crippen molar-refractivity contribution in [1.29, 1.82) is 0 Å². The summed E-state index contributed by atoms with van der Waals surface area (Å²) in [6.07, 6.45) is 0. The molecule has 4 nitrogen and oxygen atoms in total. The van der Waals surface area contributed by atoms with Gasteiger partial charge in [-0.15, -0.1) is 0 Å². The van der Waals surface area contributed by atoms with Crippen molar-refractivity contribution in [2.24, 2.45) is 0 Å². The van der Waals surface area contributed by atoms with Crippen molar-refractivity contribution in [2.45, 2.75) is 13.8 Å². The Kier molecular flexibility index (Phi) is 1.30. The number of imidazole rings is 1. The maximum absolute atomic E-state index is 10.9. The zero-order valence-corrected chi connectivity index (χ0v) is 6.93. The summed E-state index contributed by atoms with van der Waals surface area (Å²) in [5.41, 5.74) is 3.18. The van der Waals surface area contributed by atoms with E-state index in [4.69, 9.17) is 0 Å². The number of aromatic nitrogens is 3. The fourth-order valence-corrected chi connectivity index (χ4v) is 1.34. The molecule has 0 radical (unpaired) electrons. The van der Waals surface area contributed by atoms with Crippen LogP contribution in [0.5, 0.6) is 0 Å². The highest BCUT2D eigenvalue weighted by Crippen LogP contribution is 2.10. The number of H-pyrrole nitrogens is 2. The largest absolute Gasteiger partial charge is 0.325 e. The van der Waals surface area contributed by atoms with Crippen LogP contribution in [0.1, 0.15) is 14.1 Å². The molecule has 0 saturated carbocycles. The number of hydrogen-bond donors (Lipinski definition) is 2. The fourth-order valence-electron chi connectivity index (χ4n) is 1.34. The van der Waals surface area contributed by atoms with Gasteiger partial charge in [0.05, 0.1) is 5.52 Å². The highest BCUT2D eigenvalue weighted by Gasteiger charge is 2.02. The Morgan fingerprint density at radius 3 is 2.92 bits per heavy atom. The van der Waals surface area contributed by atoms with Crippen molar-refractivity contribution in [3.63, 3.8) is 0 Å². The number of hydrogen-bond acceptors (Lipinski definition) is 2. The lowest BCUT2D eigenvalue weighted by Crippen LogP contribution is -1.99. The number of nitrogens with one attached hydrogen (secondary N) is 2. The highest BCUT2D eigenvalue weighted by molar-refractivity contribution is 5.73. The van der Waals surface area contributed by atoms with Gasteiger partial charge in [-0.1, -0.05) is 0 Å². The van der Waals surface area contributed by atoms with Crippen molar-refractivity contribution in [3.05, 3.63) is 27.8 Å². The standard InChI is InChI=1S/C8H9N3O.2H2/c1-4-3-5(2)9-7-6(4)10-8(12)11-7;;/h3H,1-2H3,(H2,9,10,11,12);2*1H. The molecule has 0 aliphatic carbocycles. The first-order chi connectivity index (χ1) is 5.66. The molecule has 0 fully saturated rings. The molecule has 0 aliphatic heterocycles. The van der Waals surface area contributed by atoms with Crippen LogP contribution >= 0.6 is 0 Å². The summed E-state index contributed by atoms with van der Waals surface area (Å²) in [5, 5.41) is 0. The second-order valence-electron chi connectivity index (χ2n) is 2.88. The van der Waals surface area contributed by atoms with Crippen LogP contribution in [0.3, 0.4) is 0 Å². The molecule has 2 N–H and O–H groups in total. The van der Waals surface area contributed by atoms with Crippen molar-refractivity contribution in [2.75, 3.05) is 0 Å². The summed E-state index contributed by atoms with van der Waals surface area (Å²) in [6, 6.07) is 1.94. The fraction of sp³-hybridized carbons (Fsp3) is 0.250. The lowest BCUT2D eigenvalue weighted by molar-refractivity contribution is 1.18. The van der Waals surface area contributed by atoms with E-state index in [1.165, 1.54) is 0 Å². The van der Waals surface area contributed by atoms with Gasteiger partial charge in [-0.05, 0) is 25.5 Å². The average molecular weight is 167 g/mol. The lowest BCUT2D eigenvalue weighted by Gasteiger charge is -1.95. The van der Waals surface area contributed by atoms with E-state index in [0.717, 1.165) is 16.8 Å². The number of aromatic amines is 2. The molecule has 0 spiro atoms. The van der Waals surface area contributed by atoms with Gasteiger partial charge in [0, 0.05) is 8.55 Å². The molecule has 2 aromatic heterocycles. The Balaban J connectivity index is 0.000000845. The molecule has 2 heterocycles. The van der Waals surface area contributed by atoms with Gasteiger partial charge < -0.3 is 4.98 Å². The Bertz CT molecular complexity index is 489. The van der Waals surface area contributed by atoms with Gasteiger partial charge in [0.2, 0.25) is 0 Å². The van der Waals surface area contributed by atoms with Crippen LogP contribution in [0, 0.1) is 13.8 Å². The van der Waals surface area contributed by atoms with Crippen molar-refractivity contribution in [1.82, 2.24) is 15.0 Å². The number of aryl methyl sites for hydroxylation is 2. The first-order valence-corrected chi connectivity index (χ1v) is 3.73. The minimum atomic E-state index is -0.203. The average Bonchev–Trinajstić information content (AvgIpc) is 2.29. The van der Waals surface area contributed by atoms with E-state index in [-0.39, 0.29) is 8.54 Å². The van der Waals surface area contributed by atoms with E-state index >= 15 is 0 Å².